The standard InChI is InChI=1S/C11H16N4O/c1-11(2,12)7-15-6-9(16)14-8-4-3-5-13-10(8)15/h3-5H,6-7,12H2,1-2H3,(H,14,16). The molecule has 0 radical (unpaired) electrons. The number of hydrogen-bond donors (Lipinski definition) is 2. The summed E-state index contributed by atoms with van der Waals surface area (Å²) >= 11 is 0. The molecular weight excluding hydrogens is 204 g/mol. The summed E-state index contributed by atoms with van der Waals surface area (Å²) in [5, 5.41) is 2.79. The molecule has 0 saturated heterocycles. The summed E-state index contributed by atoms with van der Waals surface area (Å²) in [6.45, 7) is 4.78. The van der Waals surface area contributed by atoms with Crippen molar-refractivity contribution in [3.63, 3.8) is 0 Å². The molecule has 5 nitrogen and oxygen atoms in total. The number of nitrogens with one attached hydrogen (secondary N) is 1. The van der Waals surface area contributed by atoms with Crippen molar-refractivity contribution >= 4 is 17.4 Å². The Bertz CT molecular complexity index is 411. The maximum Gasteiger partial charge on any atom is 0.244 e. The van der Waals surface area contributed by atoms with Crippen molar-refractivity contribution in [2.75, 3.05) is 23.3 Å². The van der Waals surface area contributed by atoms with E-state index in [1.807, 2.05) is 24.8 Å². The highest BCUT2D eigenvalue weighted by Crippen LogP contribution is 2.26. The molecule has 1 aliphatic rings. The molecule has 1 aromatic rings. The molecule has 1 aromatic heterocycles. The lowest BCUT2D eigenvalue weighted by Crippen LogP contribution is -2.50. The molecule has 0 saturated carbocycles. The normalized spacial score (nSPS) is 15.7. The number of carbonyl (C=O) groups excluding carboxylic acids is 1. The number of aromatic nitrogens is 1. The topological polar surface area (TPSA) is 71.2 Å². The first kappa shape index (κ1) is 10.9. The Morgan fingerprint density at radius 3 is 3.06 bits per heavy atom. The Morgan fingerprint density at radius 1 is 1.62 bits per heavy atom. The van der Waals surface area contributed by atoms with E-state index in [4.69, 9.17) is 5.73 Å². The van der Waals surface area contributed by atoms with Crippen LogP contribution in [0.25, 0.3) is 0 Å². The van der Waals surface area contributed by atoms with Crippen LogP contribution in [-0.4, -0.2) is 29.5 Å². The van der Waals surface area contributed by atoms with Gasteiger partial charge in [-0.05, 0) is 26.0 Å². The lowest BCUT2D eigenvalue weighted by atomic mass is 10.1. The number of nitrogens with zero attached hydrogens (tertiary/aromatic N) is 2. The van der Waals surface area contributed by atoms with Crippen molar-refractivity contribution in [2.24, 2.45) is 5.73 Å². The maximum absolute atomic E-state index is 11.5. The average molecular weight is 220 g/mol. The first-order valence-electron chi connectivity index (χ1n) is 5.24. The van der Waals surface area contributed by atoms with Gasteiger partial charge in [0.1, 0.15) is 0 Å². The van der Waals surface area contributed by atoms with Gasteiger partial charge in [0, 0.05) is 18.3 Å². The summed E-state index contributed by atoms with van der Waals surface area (Å²) in [7, 11) is 0. The SMILES string of the molecule is CC(C)(N)CN1CC(=O)Nc2cccnc21. The largest absolute Gasteiger partial charge is 0.344 e. The molecule has 16 heavy (non-hydrogen) atoms. The monoisotopic (exact) mass is 220 g/mol. The highest BCUT2D eigenvalue weighted by Gasteiger charge is 2.26. The van der Waals surface area contributed by atoms with Gasteiger partial charge in [0.05, 0.1) is 12.2 Å². The molecule has 2 heterocycles. The number of nitrogens with two attached hydrogens (primary N) is 1. The predicted molar refractivity (Wildman–Crippen MR) is 63.3 cm³/mol. The van der Waals surface area contributed by atoms with Crippen LogP contribution in [0.4, 0.5) is 11.5 Å². The van der Waals surface area contributed by atoms with E-state index >= 15 is 0 Å². The summed E-state index contributed by atoms with van der Waals surface area (Å²) in [6, 6.07) is 3.64. The number of rotatable bonds is 2. The Balaban J connectivity index is 2.30. The molecule has 1 aliphatic heterocycles. The van der Waals surface area contributed by atoms with E-state index in [1.165, 1.54) is 0 Å². The number of carbonyl (C=O) groups is 1. The molecule has 0 fully saturated rings. The minimum absolute atomic E-state index is 0.0234. The van der Waals surface area contributed by atoms with Crippen LogP contribution in [0.1, 0.15) is 13.8 Å². The fourth-order valence-corrected chi connectivity index (χ4v) is 1.81. The van der Waals surface area contributed by atoms with Crippen molar-refractivity contribution in [3.05, 3.63) is 18.3 Å². The second-order valence-corrected chi connectivity index (χ2v) is 4.77. The average Bonchev–Trinajstić information content (AvgIpc) is 2.14. The van der Waals surface area contributed by atoms with Gasteiger partial charge in [0.25, 0.3) is 0 Å². The lowest BCUT2D eigenvalue weighted by Gasteiger charge is -2.34. The molecular formula is C11H16N4O. The van der Waals surface area contributed by atoms with Crippen molar-refractivity contribution in [1.29, 1.82) is 0 Å². The third-order valence-electron chi connectivity index (χ3n) is 2.29. The Hall–Kier alpha value is -1.62. The number of hydrogen-bond acceptors (Lipinski definition) is 4. The third-order valence-corrected chi connectivity index (χ3v) is 2.29. The van der Waals surface area contributed by atoms with Gasteiger partial charge in [-0.15, -0.1) is 0 Å². The van der Waals surface area contributed by atoms with Crippen LogP contribution in [0.2, 0.25) is 0 Å². The minimum Gasteiger partial charge on any atom is -0.344 e. The molecule has 86 valence electrons. The van der Waals surface area contributed by atoms with Gasteiger partial charge < -0.3 is 16.0 Å². The van der Waals surface area contributed by atoms with Crippen LogP contribution in [-0.2, 0) is 4.79 Å². The zero-order chi connectivity index (χ0) is 11.8. The summed E-state index contributed by atoms with van der Waals surface area (Å²) in [5.74, 6) is 0.769. The summed E-state index contributed by atoms with van der Waals surface area (Å²) in [6.07, 6.45) is 1.72. The number of fused-ring (bicyclic) bond motifs is 1. The summed E-state index contributed by atoms with van der Waals surface area (Å²) < 4.78 is 0. The molecule has 0 aliphatic carbocycles. The predicted octanol–water partition coefficient (Wildman–Crippen LogP) is 0.577. The highest BCUT2D eigenvalue weighted by atomic mass is 16.2. The first-order chi connectivity index (χ1) is 7.46. The van der Waals surface area contributed by atoms with Crippen LogP contribution < -0.4 is 16.0 Å². The van der Waals surface area contributed by atoms with Gasteiger partial charge in [0.2, 0.25) is 5.91 Å². The quantitative estimate of drug-likeness (QED) is 0.764. The van der Waals surface area contributed by atoms with Crippen LogP contribution >= 0.6 is 0 Å². The van der Waals surface area contributed by atoms with Crippen molar-refractivity contribution in [1.82, 2.24) is 4.98 Å². The van der Waals surface area contributed by atoms with Crippen LogP contribution in [0.3, 0.4) is 0 Å². The molecule has 0 bridgehead atoms. The zero-order valence-corrected chi connectivity index (χ0v) is 9.53. The Labute approximate surface area is 94.6 Å². The molecule has 5 heteroatoms. The zero-order valence-electron chi connectivity index (χ0n) is 9.53. The Morgan fingerprint density at radius 2 is 2.38 bits per heavy atom. The number of anilines is 2. The minimum atomic E-state index is -0.355. The first-order valence-corrected chi connectivity index (χ1v) is 5.24. The van der Waals surface area contributed by atoms with Gasteiger partial charge in [-0.2, -0.15) is 0 Å². The van der Waals surface area contributed by atoms with Crippen molar-refractivity contribution in [3.8, 4) is 0 Å². The second kappa shape index (κ2) is 3.75. The van der Waals surface area contributed by atoms with Crippen LogP contribution in [0.15, 0.2) is 18.3 Å². The molecule has 3 N–H and O–H groups in total. The van der Waals surface area contributed by atoms with E-state index in [9.17, 15) is 4.79 Å². The van der Waals surface area contributed by atoms with Crippen molar-refractivity contribution in [2.45, 2.75) is 19.4 Å². The highest BCUT2D eigenvalue weighted by molar-refractivity contribution is 6.00. The summed E-state index contributed by atoms with van der Waals surface area (Å²) in [4.78, 5) is 17.7. The molecule has 1 amide bonds. The van der Waals surface area contributed by atoms with E-state index in [2.05, 4.69) is 10.3 Å². The van der Waals surface area contributed by atoms with E-state index in [-0.39, 0.29) is 11.4 Å². The van der Waals surface area contributed by atoms with Crippen LogP contribution in [0.5, 0.6) is 0 Å². The van der Waals surface area contributed by atoms with E-state index in [0.717, 1.165) is 11.5 Å². The second-order valence-electron chi connectivity index (χ2n) is 4.77. The van der Waals surface area contributed by atoms with E-state index in [0.29, 0.717) is 13.1 Å². The molecule has 0 spiro atoms. The molecule has 2 rings (SSSR count). The van der Waals surface area contributed by atoms with Crippen LogP contribution in [0, 0.1) is 0 Å². The summed E-state index contributed by atoms with van der Waals surface area (Å²) in [5.41, 5.74) is 6.37. The fraction of sp³-hybridized carbons (Fsp3) is 0.455. The number of pyridine rings is 1. The van der Waals surface area contributed by atoms with E-state index in [1.54, 1.807) is 12.3 Å². The molecule has 0 unspecified atom stereocenters. The fourth-order valence-electron chi connectivity index (χ4n) is 1.81. The van der Waals surface area contributed by atoms with E-state index < -0.39 is 0 Å². The van der Waals surface area contributed by atoms with Gasteiger partial charge >= 0.3 is 0 Å². The van der Waals surface area contributed by atoms with Gasteiger partial charge in [0.15, 0.2) is 5.82 Å². The van der Waals surface area contributed by atoms with Gasteiger partial charge in [-0.1, -0.05) is 0 Å². The molecule has 0 atom stereocenters. The van der Waals surface area contributed by atoms with Gasteiger partial charge in [-0.25, -0.2) is 4.98 Å². The number of amides is 1. The third kappa shape index (κ3) is 2.30. The lowest BCUT2D eigenvalue weighted by molar-refractivity contribution is -0.115. The maximum atomic E-state index is 11.5. The molecule has 0 aromatic carbocycles. The van der Waals surface area contributed by atoms with Crippen molar-refractivity contribution < 1.29 is 4.79 Å². The smallest absolute Gasteiger partial charge is 0.244 e. The van der Waals surface area contributed by atoms with Gasteiger partial charge in [-0.3, -0.25) is 4.79 Å². The Kier molecular flexibility index (Phi) is 2.55.